The van der Waals surface area contributed by atoms with Crippen molar-refractivity contribution < 1.29 is 9.84 Å². The summed E-state index contributed by atoms with van der Waals surface area (Å²) in [6.45, 7) is 6.34. The molecule has 0 bridgehead atoms. The van der Waals surface area contributed by atoms with Crippen molar-refractivity contribution in [2.24, 2.45) is 0 Å². The van der Waals surface area contributed by atoms with E-state index < -0.39 is 0 Å². The lowest BCUT2D eigenvalue weighted by molar-refractivity contribution is 0.184. The molecule has 4 heteroatoms. The molecule has 0 spiro atoms. The fourth-order valence-electron chi connectivity index (χ4n) is 1.81. The van der Waals surface area contributed by atoms with Gasteiger partial charge in [-0.3, -0.25) is 4.90 Å². The molecular weight excluding hydrogens is 294 g/mol. The Kier molecular flexibility index (Phi) is 6.68. The van der Waals surface area contributed by atoms with Gasteiger partial charge in [-0.05, 0) is 44.0 Å². The first-order valence-corrected chi connectivity index (χ1v) is 7.05. The molecule has 0 radical (unpaired) electrons. The fourth-order valence-corrected chi connectivity index (χ4v) is 2.18. The minimum absolute atomic E-state index is 0.239. The van der Waals surface area contributed by atoms with E-state index in [2.05, 4.69) is 40.7 Å². The van der Waals surface area contributed by atoms with Crippen LogP contribution in [0.2, 0.25) is 0 Å². The quantitative estimate of drug-likeness (QED) is 0.839. The maximum Gasteiger partial charge on any atom is 0.119 e. The van der Waals surface area contributed by atoms with Crippen molar-refractivity contribution in [1.29, 1.82) is 0 Å². The van der Waals surface area contributed by atoms with Crippen molar-refractivity contribution in [3.05, 3.63) is 28.2 Å². The van der Waals surface area contributed by atoms with Crippen LogP contribution in [0.1, 0.15) is 25.8 Å². The summed E-state index contributed by atoms with van der Waals surface area (Å²) in [5, 5.41) is 8.94. The van der Waals surface area contributed by atoms with Crippen LogP contribution >= 0.6 is 15.9 Å². The molecule has 0 fully saturated rings. The van der Waals surface area contributed by atoms with E-state index in [9.17, 15) is 0 Å². The highest BCUT2D eigenvalue weighted by molar-refractivity contribution is 9.10. The van der Waals surface area contributed by atoms with Crippen LogP contribution < -0.4 is 4.74 Å². The van der Waals surface area contributed by atoms with Crippen molar-refractivity contribution in [2.45, 2.75) is 32.9 Å². The second-order valence-electron chi connectivity index (χ2n) is 4.60. The molecule has 0 atom stereocenters. The standard InChI is InChI=1S/C14H22BrNO2/c1-11(2)16(7-4-8-17)10-12-9-13(18-3)5-6-14(12)15/h5-6,9,11,17H,4,7-8,10H2,1-3H3. The summed E-state index contributed by atoms with van der Waals surface area (Å²) >= 11 is 3.57. The van der Waals surface area contributed by atoms with Crippen molar-refractivity contribution in [2.75, 3.05) is 20.3 Å². The van der Waals surface area contributed by atoms with Gasteiger partial charge in [0.15, 0.2) is 0 Å². The van der Waals surface area contributed by atoms with E-state index in [1.165, 1.54) is 5.56 Å². The first kappa shape index (κ1) is 15.5. The molecular formula is C14H22BrNO2. The minimum Gasteiger partial charge on any atom is -0.497 e. The van der Waals surface area contributed by atoms with Gasteiger partial charge < -0.3 is 9.84 Å². The maximum absolute atomic E-state index is 8.94. The van der Waals surface area contributed by atoms with Crippen molar-refractivity contribution in [1.82, 2.24) is 4.90 Å². The average molecular weight is 316 g/mol. The van der Waals surface area contributed by atoms with Gasteiger partial charge in [-0.2, -0.15) is 0 Å². The second kappa shape index (κ2) is 7.77. The second-order valence-corrected chi connectivity index (χ2v) is 5.45. The van der Waals surface area contributed by atoms with Crippen LogP contribution in [-0.4, -0.2) is 36.3 Å². The summed E-state index contributed by atoms with van der Waals surface area (Å²) in [5.41, 5.74) is 1.21. The number of nitrogens with zero attached hydrogens (tertiary/aromatic N) is 1. The Hall–Kier alpha value is -0.580. The first-order valence-electron chi connectivity index (χ1n) is 6.25. The van der Waals surface area contributed by atoms with Gasteiger partial charge in [0.2, 0.25) is 0 Å². The van der Waals surface area contributed by atoms with Gasteiger partial charge in [0.25, 0.3) is 0 Å². The first-order chi connectivity index (χ1) is 8.58. The number of hydrogen-bond donors (Lipinski definition) is 1. The van der Waals surface area contributed by atoms with Crippen LogP contribution in [0.15, 0.2) is 22.7 Å². The van der Waals surface area contributed by atoms with Crippen LogP contribution in [0, 0.1) is 0 Å². The lowest BCUT2D eigenvalue weighted by Crippen LogP contribution is -2.31. The van der Waals surface area contributed by atoms with Crippen LogP contribution in [0.5, 0.6) is 5.75 Å². The van der Waals surface area contributed by atoms with Crippen LogP contribution in [0.25, 0.3) is 0 Å². The third kappa shape index (κ3) is 4.59. The number of methoxy groups -OCH3 is 1. The van der Waals surface area contributed by atoms with E-state index >= 15 is 0 Å². The molecule has 0 unspecified atom stereocenters. The zero-order chi connectivity index (χ0) is 13.5. The van der Waals surface area contributed by atoms with E-state index in [0.29, 0.717) is 6.04 Å². The Morgan fingerprint density at radius 1 is 1.39 bits per heavy atom. The molecule has 0 aliphatic heterocycles. The van der Waals surface area contributed by atoms with Gasteiger partial charge in [-0.1, -0.05) is 15.9 Å². The molecule has 1 aromatic rings. The van der Waals surface area contributed by atoms with Crippen LogP contribution in [0.4, 0.5) is 0 Å². The van der Waals surface area contributed by atoms with E-state index in [1.807, 2.05) is 12.1 Å². The normalized spacial score (nSPS) is 11.3. The summed E-state index contributed by atoms with van der Waals surface area (Å²) in [5.74, 6) is 0.874. The van der Waals surface area contributed by atoms with Gasteiger partial charge in [-0.25, -0.2) is 0 Å². The molecule has 18 heavy (non-hydrogen) atoms. The third-order valence-electron chi connectivity index (χ3n) is 2.96. The SMILES string of the molecule is COc1ccc(Br)c(CN(CCCO)C(C)C)c1. The van der Waals surface area contributed by atoms with E-state index in [4.69, 9.17) is 9.84 Å². The lowest BCUT2D eigenvalue weighted by atomic mass is 10.1. The Labute approximate surface area is 118 Å². The molecule has 1 rings (SSSR count). The molecule has 0 aromatic heterocycles. The Bertz CT molecular complexity index is 369. The number of hydrogen-bond acceptors (Lipinski definition) is 3. The van der Waals surface area contributed by atoms with E-state index in [1.54, 1.807) is 7.11 Å². The topological polar surface area (TPSA) is 32.7 Å². The molecule has 0 aliphatic rings. The summed E-state index contributed by atoms with van der Waals surface area (Å²) in [6, 6.07) is 6.47. The number of ether oxygens (including phenoxy) is 1. The molecule has 0 amide bonds. The van der Waals surface area contributed by atoms with Crippen molar-refractivity contribution in [3.8, 4) is 5.75 Å². The van der Waals surface area contributed by atoms with E-state index in [-0.39, 0.29) is 6.61 Å². The highest BCUT2D eigenvalue weighted by atomic mass is 79.9. The number of aliphatic hydroxyl groups is 1. The predicted octanol–water partition coefficient (Wildman–Crippen LogP) is 3.05. The van der Waals surface area contributed by atoms with Gasteiger partial charge in [0.05, 0.1) is 7.11 Å². The molecule has 0 saturated heterocycles. The van der Waals surface area contributed by atoms with Crippen molar-refractivity contribution in [3.63, 3.8) is 0 Å². The summed E-state index contributed by atoms with van der Waals surface area (Å²) in [7, 11) is 1.68. The summed E-state index contributed by atoms with van der Waals surface area (Å²) in [6.07, 6.45) is 0.805. The number of rotatable bonds is 7. The van der Waals surface area contributed by atoms with E-state index in [0.717, 1.165) is 29.7 Å². The third-order valence-corrected chi connectivity index (χ3v) is 3.73. The lowest BCUT2D eigenvalue weighted by Gasteiger charge is -2.26. The van der Waals surface area contributed by atoms with Gasteiger partial charge >= 0.3 is 0 Å². The Morgan fingerprint density at radius 3 is 2.67 bits per heavy atom. The number of aliphatic hydroxyl groups excluding tert-OH is 1. The monoisotopic (exact) mass is 315 g/mol. The summed E-state index contributed by atoms with van der Waals surface area (Å²) in [4.78, 5) is 2.34. The molecule has 0 aliphatic carbocycles. The smallest absolute Gasteiger partial charge is 0.119 e. The van der Waals surface area contributed by atoms with Gasteiger partial charge in [-0.15, -0.1) is 0 Å². The highest BCUT2D eigenvalue weighted by Gasteiger charge is 2.12. The van der Waals surface area contributed by atoms with Crippen LogP contribution in [0.3, 0.4) is 0 Å². The van der Waals surface area contributed by atoms with Gasteiger partial charge in [0, 0.05) is 30.2 Å². The van der Waals surface area contributed by atoms with Crippen molar-refractivity contribution >= 4 is 15.9 Å². The molecule has 1 aromatic carbocycles. The Balaban J connectivity index is 2.78. The Morgan fingerprint density at radius 2 is 2.11 bits per heavy atom. The molecule has 0 heterocycles. The van der Waals surface area contributed by atoms with Crippen LogP contribution in [-0.2, 0) is 6.54 Å². The zero-order valence-corrected chi connectivity index (χ0v) is 12.9. The highest BCUT2D eigenvalue weighted by Crippen LogP contribution is 2.24. The molecule has 0 saturated carbocycles. The maximum atomic E-state index is 8.94. The van der Waals surface area contributed by atoms with Gasteiger partial charge in [0.1, 0.15) is 5.75 Å². The zero-order valence-electron chi connectivity index (χ0n) is 11.3. The minimum atomic E-state index is 0.239. The molecule has 3 nitrogen and oxygen atoms in total. The molecule has 1 N–H and O–H groups in total. The predicted molar refractivity (Wildman–Crippen MR) is 77.9 cm³/mol. The average Bonchev–Trinajstić information content (AvgIpc) is 2.36. The molecule has 102 valence electrons. The largest absolute Gasteiger partial charge is 0.497 e. The number of halogens is 1. The summed E-state index contributed by atoms with van der Waals surface area (Å²) < 4.78 is 6.35. The number of benzene rings is 1. The fraction of sp³-hybridized carbons (Fsp3) is 0.571.